The summed E-state index contributed by atoms with van der Waals surface area (Å²) in [6, 6.07) is 16.0. The van der Waals surface area contributed by atoms with E-state index in [4.69, 9.17) is 14.2 Å². The summed E-state index contributed by atoms with van der Waals surface area (Å²) in [6.07, 6.45) is 6.48. The largest absolute Gasteiger partial charge is 0.494 e. The summed E-state index contributed by atoms with van der Waals surface area (Å²) in [5.41, 5.74) is 1.25. The zero-order chi connectivity index (χ0) is 22.9. The highest BCUT2D eigenvalue weighted by Gasteiger charge is 2.33. The Morgan fingerprint density at radius 3 is 2.82 bits per heavy atom. The maximum atomic E-state index is 11.2. The molecule has 1 aliphatic heterocycles. The Morgan fingerprint density at radius 2 is 2.00 bits per heavy atom. The van der Waals surface area contributed by atoms with Gasteiger partial charge in [0.2, 0.25) is 0 Å². The van der Waals surface area contributed by atoms with Crippen LogP contribution in [0.5, 0.6) is 11.5 Å². The van der Waals surface area contributed by atoms with Gasteiger partial charge in [-0.05, 0) is 43.2 Å². The Bertz CT molecular complexity index is 977. The smallest absolute Gasteiger partial charge is 0.134 e. The molecule has 0 unspecified atom stereocenters. The van der Waals surface area contributed by atoms with Gasteiger partial charge >= 0.3 is 0 Å². The number of aromatic nitrogens is 2. The van der Waals surface area contributed by atoms with Crippen LogP contribution in [0, 0.1) is 6.92 Å². The van der Waals surface area contributed by atoms with Crippen molar-refractivity contribution in [2.75, 3.05) is 39.5 Å². The second-order valence-electron chi connectivity index (χ2n) is 8.74. The number of nitrogens with zero attached hydrogens (tertiary/aromatic N) is 3. The second kappa shape index (κ2) is 11.3. The first-order chi connectivity index (χ1) is 16.1. The lowest BCUT2D eigenvalue weighted by Gasteiger charge is -2.30. The average molecular weight is 452 g/mol. The van der Waals surface area contributed by atoms with E-state index in [-0.39, 0.29) is 13.2 Å². The molecule has 2 heterocycles. The van der Waals surface area contributed by atoms with Crippen LogP contribution in [-0.4, -0.2) is 64.7 Å². The fourth-order valence-corrected chi connectivity index (χ4v) is 3.92. The molecule has 1 aliphatic rings. The number of hydrogen-bond acceptors (Lipinski definition) is 6. The van der Waals surface area contributed by atoms with Crippen molar-refractivity contribution in [2.24, 2.45) is 0 Å². The molecule has 176 valence electrons. The lowest BCUT2D eigenvalue weighted by atomic mass is 10.1. The Balaban J connectivity index is 1.28. The number of hydrogen-bond donors (Lipinski definition) is 1. The summed E-state index contributed by atoms with van der Waals surface area (Å²) in [7, 11) is 0. The topological polar surface area (TPSA) is 69.0 Å². The van der Waals surface area contributed by atoms with Crippen molar-refractivity contribution in [2.45, 2.75) is 32.0 Å². The molecule has 0 aliphatic carbocycles. The van der Waals surface area contributed by atoms with Crippen molar-refractivity contribution in [3.63, 3.8) is 0 Å². The lowest BCUT2D eigenvalue weighted by molar-refractivity contribution is -0.0646. The van der Waals surface area contributed by atoms with E-state index < -0.39 is 5.60 Å². The third kappa shape index (κ3) is 7.32. The first-order valence-corrected chi connectivity index (χ1v) is 11.5. The van der Waals surface area contributed by atoms with Gasteiger partial charge < -0.3 is 23.9 Å². The van der Waals surface area contributed by atoms with Crippen molar-refractivity contribution >= 4 is 0 Å². The van der Waals surface area contributed by atoms with Crippen LogP contribution >= 0.6 is 0 Å². The van der Waals surface area contributed by atoms with Crippen LogP contribution in [0.15, 0.2) is 67.3 Å². The molecule has 3 aromatic rings. The first-order valence-electron chi connectivity index (χ1n) is 11.5. The highest BCUT2D eigenvalue weighted by Crippen LogP contribution is 2.20. The van der Waals surface area contributed by atoms with Crippen LogP contribution in [0.3, 0.4) is 0 Å². The SMILES string of the molecule is Cc1ccc(OC[C@]2(O)COCCN(Cc3cccc(OCCCn4ccnc4)c3)C2)cc1. The van der Waals surface area contributed by atoms with E-state index >= 15 is 0 Å². The molecule has 0 bridgehead atoms. The summed E-state index contributed by atoms with van der Waals surface area (Å²) in [5.74, 6) is 1.62. The van der Waals surface area contributed by atoms with Gasteiger partial charge in [-0.2, -0.15) is 0 Å². The predicted octanol–water partition coefficient (Wildman–Crippen LogP) is 3.30. The average Bonchev–Trinajstić information content (AvgIpc) is 3.26. The normalized spacial score (nSPS) is 19.2. The maximum absolute atomic E-state index is 11.2. The number of ether oxygens (including phenoxy) is 3. The highest BCUT2D eigenvalue weighted by atomic mass is 16.5. The molecule has 4 rings (SSSR count). The predicted molar refractivity (Wildman–Crippen MR) is 127 cm³/mol. The number of β-amino-alcohol motifs (C(OH)–C–C–N with tert-alkyl or cyclic N) is 1. The van der Waals surface area contributed by atoms with E-state index in [1.807, 2.05) is 60.4 Å². The second-order valence-corrected chi connectivity index (χ2v) is 8.74. The summed E-state index contributed by atoms with van der Waals surface area (Å²) >= 11 is 0. The van der Waals surface area contributed by atoms with E-state index in [0.29, 0.717) is 26.3 Å². The summed E-state index contributed by atoms with van der Waals surface area (Å²) < 4.78 is 19.6. The number of rotatable bonds is 10. The summed E-state index contributed by atoms with van der Waals surface area (Å²) in [6.45, 7) is 6.54. The molecule has 1 fully saturated rings. The number of imidazole rings is 1. The van der Waals surface area contributed by atoms with Crippen molar-refractivity contribution in [3.8, 4) is 11.5 Å². The van der Waals surface area contributed by atoms with Gasteiger partial charge in [-0.1, -0.05) is 29.8 Å². The third-order valence-corrected chi connectivity index (χ3v) is 5.66. The van der Waals surface area contributed by atoms with Crippen molar-refractivity contribution in [3.05, 3.63) is 78.4 Å². The molecule has 0 saturated carbocycles. The van der Waals surface area contributed by atoms with Gasteiger partial charge in [-0.3, -0.25) is 4.90 Å². The van der Waals surface area contributed by atoms with E-state index in [0.717, 1.165) is 36.6 Å². The molecule has 7 heteroatoms. The molecule has 1 aromatic heterocycles. The zero-order valence-corrected chi connectivity index (χ0v) is 19.2. The monoisotopic (exact) mass is 451 g/mol. The Labute approximate surface area is 195 Å². The molecular weight excluding hydrogens is 418 g/mol. The van der Waals surface area contributed by atoms with E-state index in [1.54, 1.807) is 6.20 Å². The van der Waals surface area contributed by atoms with E-state index in [1.165, 1.54) is 5.56 Å². The van der Waals surface area contributed by atoms with Crippen molar-refractivity contribution < 1.29 is 19.3 Å². The summed E-state index contributed by atoms with van der Waals surface area (Å²) in [5, 5.41) is 11.2. The molecule has 1 N–H and O–H groups in total. The van der Waals surface area contributed by atoms with Crippen LogP contribution in [0.4, 0.5) is 0 Å². The van der Waals surface area contributed by atoms with Gasteiger partial charge in [0.1, 0.15) is 23.7 Å². The Hall–Kier alpha value is -2.87. The van der Waals surface area contributed by atoms with Crippen molar-refractivity contribution in [1.82, 2.24) is 14.5 Å². The summed E-state index contributed by atoms with van der Waals surface area (Å²) in [4.78, 5) is 6.27. The van der Waals surface area contributed by atoms with Gasteiger partial charge in [0.25, 0.3) is 0 Å². The molecule has 1 saturated heterocycles. The Kier molecular flexibility index (Phi) is 7.99. The number of aliphatic hydroxyl groups is 1. The van der Waals surface area contributed by atoms with Crippen LogP contribution in [-0.2, 0) is 17.8 Å². The minimum atomic E-state index is -1.07. The fraction of sp³-hybridized carbons (Fsp3) is 0.423. The molecule has 7 nitrogen and oxygen atoms in total. The fourth-order valence-electron chi connectivity index (χ4n) is 3.92. The van der Waals surface area contributed by atoms with Crippen LogP contribution in [0.1, 0.15) is 17.5 Å². The first kappa shape index (κ1) is 23.3. The van der Waals surface area contributed by atoms with Gasteiger partial charge in [-0.15, -0.1) is 0 Å². The van der Waals surface area contributed by atoms with E-state index in [2.05, 4.69) is 22.0 Å². The Morgan fingerprint density at radius 1 is 1.12 bits per heavy atom. The van der Waals surface area contributed by atoms with Gasteiger partial charge in [0, 0.05) is 38.6 Å². The molecule has 1 atom stereocenters. The zero-order valence-electron chi connectivity index (χ0n) is 19.2. The molecule has 33 heavy (non-hydrogen) atoms. The molecule has 0 radical (unpaired) electrons. The van der Waals surface area contributed by atoms with Crippen LogP contribution in [0.2, 0.25) is 0 Å². The van der Waals surface area contributed by atoms with Crippen molar-refractivity contribution in [1.29, 1.82) is 0 Å². The van der Waals surface area contributed by atoms with Crippen LogP contribution < -0.4 is 9.47 Å². The quantitative estimate of drug-likeness (QED) is 0.477. The minimum Gasteiger partial charge on any atom is -0.494 e. The van der Waals surface area contributed by atoms with Gasteiger partial charge in [0.05, 0.1) is 26.1 Å². The third-order valence-electron chi connectivity index (χ3n) is 5.66. The lowest BCUT2D eigenvalue weighted by Crippen LogP contribution is -2.48. The van der Waals surface area contributed by atoms with Gasteiger partial charge in [-0.25, -0.2) is 4.98 Å². The maximum Gasteiger partial charge on any atom is 0.134 e. The molecule has 2 aromatic carbocycles. The van der Waals surface area contributed by atoms with Crippen LogP contribution in [0.25, 0.3) is 0 Å². The number of benzene rings is 2. The molecule has 0 spiro atoms. The van der Waals surface area contributed by atoms with Gasteiger partial charge in [0.15, 0.2) is 0 Å². The minimum absolute atomic E-state index is 0.187. The molecular formula is C26H33N3O4. The molecule has 0 amide bonds. The highest BCUT2D eigenvalue weighted by molar-refractivity contribution is 5.29. The standard InChI is InChI=1S/C26H33N3O4/c1-22-6-8-24(9-7-22)33-20-26(30)18-29(13-15-31-19-26)17-23-4-2-5-25(16-23)32-14-3-11-28-12-10-27-21-28/h2,4-10,12,16,21,30H,3,11,13-15,17-20H2,1H3/t26-/m1/s1. The number of aryl methyl sites for hydroxylation is 2. The van der Waals surface area contributed by atoms with E-state index in [9.17, 15) is 5.11 Å².